The average Bonchev–Trinajstić information content (AvgIpc) is 2.81. The summed E-state index contributed by atoms with van der Waals surface area (Å²) in [5, 5.41) is 0. The molecule has 6 rings (SSSR count). The topological polar surface area (TPSA) is 94.0 Å². The average molecular weight is 416 g/mol. The van der Waals surface area contributed by atoms with Gasteiger partial charge in [-0.2, -0.15) is 0 Å². The van der Waals surface area contributed by atoms with E-state index in [9.17, 15) is 4.79 Å². The Kier molecular flexibility index (Phi) is 5.05. The fourth-order valence-electron chi connectivity index (χ4n) is 4.57. The third-order valence-corrected chi connectivity index (χ3v) is 6.04. The molecule has 3 atom stereocenters. The van der Waals surface area contributed by atoms with Crippen LogP contribution >= 0.6 is 0 Å². The minimum Gasteiger partial charge on any atom is -0.471 e. The van der Waals surface area contributed by atoms with E-state index in [0.717, 1.165) is 30.5 Å². The molecule has 1 saturated carbocycles. The van der Waals surface area contributed by atoms with Crippen LogP contribution < -0.4 is 4.74 Å². The van der Waals surface area contributed by atoms with Crippen molar-refractivity contribution in [2.24, 2.45) is 5.92 Å². The Morgan fingerprint density at radius 2 is 1.87 bits per heavy atom. The quantitative estimate of drug-likeness (QED) is 0.645. The summed E-state index contributed by atoms with van der Waals surface area (Å²) in [5.41, 5.74) is 2.85. The second-order valence-corrected chi connectivity index (χ2v) is 8.34. The molecule has 3 unspecified atom stereocenters. The molecule has 0 N–H and O–H groups in total. The standard InChI is InChI=1S/C23H24N6O2/c1-14-8-17(22-24-6-3-7-25-22)21(28-10-14)23(30)29-13-16-4-5-18(29)19(9-16)31-20-12-26-15(2)11-27-20/h3,6-8,10-12,16,18-19H,4-5,9,13H2,1-2H3. The van der Waals surface area contributed by atoms with Crippen molar-refractivity contribution in [2.45, 2.75) is 45.3 Å². The van der Waals surface area contributed by atoms with Crippen molar-refractivity contribution in [3.8, 4) is 17.3 Å². The molecule has 3 fully saturated rings. The summed E-state index contributed by atoms with van der Waals surface area (Å²) in [7, 11) is 0. The summed E-state index contributed by atoms with van der Waals surface area (Å²) in [5.74, 6) is 1.31. The van der Waals surface area contributed by atoms with E-state index in [1.54, 1.807) is 37.1 Å². The van der Waals surface area contributed by atoms with Crippen LogP contribution in [0.15, 0.2) is 43.1 Å². The Hall–Kier alpha value is -3.42. The number of rotatable bonds is 4. The Labute approximate surface area is 180 Å². The van der Waals surface area contributed by atoms with Crippen molar-refractivity contribution >= 4 is 5.91 Å². The molecule has 3 aliphatic rings. The monoisotopic (exact) mass is 416 g/mol. The van der Waals surface area contributed by atoms with Gasteiger partial charge >= 0.3 is 0 Å². The maximum Gasteiger partial charge on any atom is 0.273 e. The number of carbonyl (C=O) groups is 1. The normalized spacial score (nSPS) is 22.4. The molecule has 0 aromatic carbocycles. The Balaban J connectivity index is 1.44. The van der Waals surface area contributed by atoms with Crippen molar-refractivity contribution in [3.05, 3.63) is 60.1 Å². The number of aromatic nitrogens is 5. The van der Waals surface area contributed by atoms with E-state index in [-0.39, 0.29) is 18.1 Å². The maximum absolute atomic E-state index is 13.7. The number of hydrogen-bond donors (Lipinski definition) is 0. The van der Waals surface area contributed by atoms with Crippen LogP contribution in [0.1, 0.15) is 41.0 Å². The fourth-order valence-corrected chi connectivity index (χ4v) is 4.57. The first-order chi connectivity index (χ1) is 15.1. The highest BCUT2D eigenvalue weighted by Gasteiger charge is 2.45. The van der Waals surface area contributed by atoms with E-state index in [0.29, 0.717) is 35.4 Å². The highest BCUT2D eigenvalue weighted by Crippen LogP contribution is 2.38. The van der Waals surface area contributed by atoms with Gasteiger partial charge in [0.25, 0.3) is 5.91 Å². The fraction of sp³-hybridized carbons (Fsp3) is 0.391. The Morgan fingerprint density at radius 1 is 1.03 bits per heavy atom. The molecule has 158 valence electrons. The number of pyridine rings is 1. The SMILES string of the molecule is Cc1cnc(C(=O)N2CC3CCC2C(Oc2cnc(C)cn2)C3)c(-c2ncccn2)c1. The lowest BCUT2D eigenvalue weighted by Gasteiger charge is -2.49. The Morgan fingerprint density at radius 3 is 2.61 bits per heavy atom. The third kappa shape index (κ3) is 3.85. The maximum atomic E-state index is 13.7. The number of hydrogen-bond acceptors (Lipinski definition) is 7. The predicted octanol–water partition coefficient (Wildman–Crippen LogP) is 3.02. The largest absolute Gasteiger partial charge is 0.471 e. The van der Waals surface area contributed by atoms with Crippen LogP contribution in [-0.2, 0) is 0 Å². The zero-order valence-corrected chi connectivity index (χ0v) is 17.6. The molecule has 8 heteroatoms. The van der Waals surface area contributed by atoms with Gasteiger partial charge < -0.3 is 9.64 Å². The molecular formula is C23H24N6O2. The molecule has 1 amide bonds. The number of piperidine rings is 2. The Bertz CT molecular complexity index is 1090. The van der Waals surface area contributed by atoms with Gasteiger partial charge in [0.1, 0.15) is 11.8 Å². The summed E-state index contributed by atoms with van der Waals surface area (Å²) in [6, 6.07) is 3.66. The lowest BCUT2D eigenvalue weighted by Crippen LogP contribution is -2.59. The molecule has 3 aromatic heterocycles. The van der Waals surface area contributed by atoms with Gasteiger partial charge in [-0.05, 0) is 56.7 Å². The zero-order valence-electron chi connectivity index (χ0n) is 17.6. The number of fused-ring (bicyclic) bond motifs is 3. The third-order valence-electron chi connectivity index (χ3n) is 6.04. The van der Waals surface area contributed by atoms with Gasteiger partial charge in [-0.3, -0.25) is 14.8 Å². The molecule has 0 radical (unpaired) electrons. The van der Waals surface area contributed by atoms with E-state index in [1.807, 2.05) is 24.8 Å². The van der Waals surface area contributed by atoms with Gasteiger partial charge in [-0.1, -0.05) is 0 Å². The number of nitrogens with zero attached hydrogens (tertiary/aromatic N) is 6. The van der Waals surface area contributed by atoms with E-state index in [1.165, 1.54) is 0 Å². The summed E-state index contributed by atoms with van der Waals surface area (Å²) < 4.78 is 6.18. The molecule has 1 aliphatic carbocycles. The molecule has 2 saturated heterocycles. The van der Waals surface area contributed by atoms with Crippen molar-refractivity contribution in [1.82, 2.24) is 29.8 Å². The van der Waals surface area contributed by atoms with Crippen LogP contribution in [0.3, 0.4) is 0 Å². The summed E-state index contributed by atoms with van der Waals surface area (Å²) in [4.78, 5) is 37.4. The van der Waals surface area contributed by atoms with Crippen LogP contribution in [0.25, 0.3) is 11.4 Å². The van der Waals surface area contributed by atoms with Crippen LogP contribution in [0.5, 0.6) is 5.88 Å². The van der Waals surface area contributed by atoms with Crippen molar-refractivity contribution in [2.75, 3.05) is 6.54 Å². The minimum atomic E-state index is -0.102. The molecule has 8 nitrogen and oxygen atoms in total. The van der Waals surface area contributed by atoms with E-state index < -0.39 is 0 Å². The molecule has 5 heterocycles. The van der Waals surface area contributed by atoms with E-state index in [4.69, 9.17) is 4.74 Å². The van der Waals surface area contributed by atoms with Gasteiger partial charge in [0.15, 0.2) is 5.82 Å². The zero-order chi connectivity index (χ0) is 21.4. The van der Waals surface area contributed by atoms with Gasteiger partial charge in [-0.15, -0.1) is 0 Å². The van der Waals surface area contributed by atoms with Crippen LogP contribution in [0, 0.1) is 19.8 Å². The first-order valence-electron chi connectivity index (χ1n) is 10.6. The van der Waals surface area contributed by atoms with Crippen molar-refractivity contribution < 1.29 is 9.53 Å². The summed E-state index contributed by atoms with van der Waals surface area (Å²) in [6.45, 7) is 4.55. The molecule has 31 heavy (non-hydrogen) atoms. The van der Waals surface area contributed by atoms with E-state index in [2.05, 4.69) is 24.9 Å². The number of ether oxygens (including phenoxy) is 1. The predicted molar refractivity (Wildman–Crippen MR) is 113 cm³/mol. The molecule has 2 bridgehead atoms. The number of amides is 1. The smallest absolute Gasteiger partial charge is 0.273 e. The van der Waals surface area contributed by atoms with Crippen molar-refractivity contribution in [3.63, 3.8) is 0 Å². The van der Waals surface area contributed by atoms with Crippen molar-refractivity contribution in [1.29, 1.82) is 0 Å². The van der Waals surface area contributed by atoms with Gasteiger partial charge in [-0.25, -0.2) is 15.0 Å². The molecule has 2 aliphatic heterocycles. The van der Waals surface area contributed by atoms with Gasteiger partial charge in [0.05, 0.1) is 29.7 Å². The highest BCUT2D eigenvalue weighted by atomic mass is 16.5. The summed E-state index contributed by atoms with van der Waals surface area (Å²) in [6.07, 6.45) is 11.2. The second kappa shape index (κ2) is 8.02. The van der Waals surface area contributed by atoms with E-state index >= 15 is 0 Å². The van der Waals surface area contributed by atoms with Crippen LogP contribution in [0.4, 0.5) is 0 Å². The minimum absolute atomic E-state index is 0.0201. The van der Waals surface area contributed by atoms with Crippen LogP contribution in [-0.4, -0.2) is 54.4 Å². The van der Waals surface area contributed by atoms with Gasteiger partial charge in [0, 0.05) is 25.1 Å². The highest BCUT2D eigenvalue weighted by molar-refractivity contribution is 5.98. The van der Waals surface area contributed by atoms with Crippen LogP contribution in [0.2, 0.25) is 0 Å². The summed E-state index contributed by atoms with van der Waals surface area (Å²) >= 11 is 0. The lowest BCUT2D eigenvalue weighted by atomic mass is 9.77. The lowest BCUT2D eigenvalue weighted by molar-refractivity contribution is -0.0317. The molecule has 0 spiro atoms. The number of aryl methyl sites for hydroxylation is 2. The number of carbonyl (C=O) groups excluding carboxylic acids is 1. The molecular weight excluding hydrogens is 392 g/mol. The van der Waals surface area contributed by atoms with Gasteiger partial charge in [0.2, 0.25) is 5.88 Å². The first kappa shape index (κ1) is 19.5. The second-order valence-electron chi connectivity index (χ2n) is 8.34. The first-order valence-corrected chi connectivity index (χ1v) is 10.6. The molecule has 3 aromatic rings.